The SMILES string of the molecule is c1ccc(-c2nc(-c3cccc(-n4c5ccccc5c5c6c(ccc54)sc4ccccc46)c3)nc3c2oc2ccccc23)cc1. The zero-order chi connectivity index (χ0) is 29.5. The van der Waals surface area contributed by atoms with Crippen molar-refractivity contribution in [2.24, 2.45) is 0 Å². The van der Waals surface area contributed by atoms with Gasteiger partial charge in [0.05, 0.1) is 11.0 Å². The molecule has 0 bridgehead atoms. The number of benzene rings is 6. The van der Waals surface area contributed by atoms with Gasteiger partial charge >= 0.3 is 0 Å². The van der Waals surface area contributed by atoms with Crippen LogP contribution in [0.1, 0.15) is 0 Å². The highest BCUT2D eigenvalue weighted by molar-refractivity contribution is 7.26. The summed E-state index contributed by atoms with van der Waals surface area (Å²) in [5, 5.41) is 6.16. The molecule has 6 aromatic carbocycles. The standard InChI is InChI=1S/C40H23N3OS/c1-2-11-24(12-3-1)37-39-38(28-16-5-8-19-32(28)44-39)42-40(41-37)25-13-10-14-26(23-25)43-30-18-7-4-15-27(30)35-31(43)21-22-34-36(35)29-17-6-9-20-33(29)45-34/h1-23H. The minimum Gasteiger partial charge on any atom is -0.452 e. The summed E-state index contributed by atoms with van der Waals surface area (Å²) in [7, 11) is 0. The van der Waals surface area contributed by atoms with E-state index >= 15 is 0 Å². The summed E-state index contributed by atoms with van der Waals surface area (Å²) in [5.74, 6) is 0.668. The molecule has 4 aromatic heterocycles. The highest BCUT2D eigenvalue weighted by Crippen LogP contribution is 2.43. The van der Waals surface area contributed by atoms with Crippen molar-refractivity contribution in [3.63, 3.8) is 0 Å². The summed E-state index contributed by atoms with van der Waals surface area (Å²) in [6, 6.07) is 48.9. The average Bonchev–Trinajstić information content (AvgIpc) is 3.77. The van der Waals surface area contributed by atoms with Gasteiger partial charge in [0.25, 0.3) is 0 Å². The lowest BCUT2D eigenvalue weighted by Gasteiger charge is -2.11. The van der Waals surface area contributed by atoms with Crippen molar-refractivity contribution in [3.05, 3.63) is 140 Å². The monoisotopic (exact) mass is 593 g/mol. The number of para-hydroxylation sites is 2. The maximum atomic E-state index is 6.34. The summed E-state index contributed by atoms with van der Waals surface area (Å²) in [6.45, 7) is 0. The van der Waals surface area contributed by atoms with Crippen molar-refractivity contribution < 1.29 is 4.42 Å². The highest BCUT2D eigenvalue weighted by Gasteiger charge is 2.20. The number of rotatable bonds is 3. The number of aromatic nitrogens is 3. The molecule has 45 heavy (non-hydrogen) atoms. The lowest BCUT2D eigenvalue weighted by Crippen LogP contribution is -1.97. The topological polar surface area (TPSA) is 43.9 Å². The molecule has 210 valence electrons. The van der Waals surface area contributed by atoms with E-state index in [4.69, 9.17) is 14.4 Å². The number of nitrogens with zero attached hydrogens (tertiary/aromatic N) is 3. The average molecular weight is 594 g/mol. The third-order valence-electron chi connectivity index (χ3n) is 8.81. The van der Waals surface area contributed by atoms with Crippen LogP contribution in [-0.4, -0.2) is 14.5 Å². The zero-order valence-corrected chi connectivity index (χ0v) is 24.8. The van der Waals surface area contributed by atoms with Crippen molar-refractivity contribution >= 4 is 75.4 Å². The van der Waals surface area contributed by atoms with Crippen LogP contribution in [0.4, 0.5) is 0 Å². The Hall–Kier alpha value is -5.78. The molecule has 5 heteroatoms. The van der Waals surface area contributed by atoms with Crippen molar-refractivity contribution in [2.75, 3.05) is 0 Å². The summed E-state index contributed by atoms with van der Waals surface area (Å²) in [5.41, 5.74) is 8.50. The van der Waals surface area contributed by atoms with Gasteiger partial charge in [0.15, 0.2) is 11.4 Å². The maximum Gasteiger partial charge on any atom is 0.180 e. The summed E-state index contributed by atoms with van der Waals surface area (Å²) in [6.07, 6.45) is 0. The fourth-order valence-corrected chi connectivity index (χ4v) is 7.96. The molecule has 0 unspecified atom stereocenters. The Morgan fingerprint density at radius 1 is 0.533 bits per heavy atom. The van der Waals surface area contributed by atoms with Gasteiger partial charge in [-0.25, -0.2) is 9.97 Å². The van der Waals surface area contributed by atoms with Gasteiger partial charge in [0.2, 0.25) is 0 Å². The van der Waals surface area contributed by atoms with E-state index in [2.05, 4.69) is 108 Å². The molecule has 0 spiro atoms. The molecule has 0 aliphatic carbocycles. The second-order valence-electron chi connectivity index (χ2n) is 11.4. The van der Waals surface area contributed by atoms with E-state index in [9.17, 15) is 0 Å². The lowest BCUT2D eigenvalue weighted by molar-refractivity contribution is 0.667. The van der Waals surface area contributed by atoms with Crippen molar-refractivity contribution in [2.45, 2.75) is 0 Å². The number of furan rings is 1. The Bertz CT molecular complexity index is 2770. The van der Waals surface area contributed by atoms with Crippen molar-refractivity contribution in [1.82, 2.24) is 14.5 Å². The first kappa shape index (κ1) is 24.6. The smallest absolute Gasteiger partial charge is 0.180 e. The van der Waals surface area contributed by atoms with Crippen molar-refractivity contribution in [1.29, 1.82) is 0 Å². The van der Waals surface area contributed by atoms with Crippen molar-refractivity contribution in [3.8, 4) is 28.3 Å². The van der Waals surface area contributed by atoms with E-state index in [0.29, 0.717) is 11.4 Å². The Balaban J connectivity index is 1.24. The molecule has 0 amide bonds. The minimum atomic E-state index is 0.668. The second-order valence-corrected chi connectivity index (χ2v) is 12.5. The molecule has 0 aliphatic heterocycles. The first-order valence-electron chi connectivity index (χ1n) is 15.0. The Morgan fingerprint density at radius 3 is 2.20 bits per heavy atom. The van der Waals surface area contributed by atoms with Gasteiger partial charge in [0.1, 0.15) is 16.8 Å². The van der Waals surface area contributed by atoms with Crippen LogP contribution in [0.5, 0.6) is 0 Å². The molecular weight excluding hydrogens is 571 g/mol. The Labute approximate surface area is 261 Å². The van der Waals surface area contributed by atoms with Crippen LogP contribution in [0.25, 0.3) is 92.4 Å². The van der Waals surface area contributed by atoms with Gasteiger partial charge in [-0.15, -0.1) is 11.3 Å². The van der Waals surface area contributed by atoms with Gasteiger partial charge in [-0.2, -0.15) is 0 Å². The molecule has 0 fully saturated rings. The lowest BCUT2D eigenvalue weighted by atomic mass is 10.1. The van der Waals surface area contributed by atoms with Gasteiger partial charge in [-0.1, -0.05) is 91.0 Å². The van der Waals surface area contributed by atoms with Crippen LogP contribution in [-0.2, 0) is 0 Å². The first-order valence-corrected chi connectivity index (χ1v) is 15.8. The molecule has 0 saturated heterocycles. The predicted octanol–water partition coefficient (Wildman–Crippen LogP) is 11.2. The number of thiophene rings is 1. The van der Waals surface area contributed by atoms with Crippen LogP contribution in [0, 0.1) is 0 Å². The largest absolute Gasteiger partial charge is 0.452 e. The number of hydrogen-bond donors (Lipinski definition) is 0. The fraction of sp³-hybridized carbons (Fsp3) is 0. The van der Waals surface area contributed by atoms with Crippen LogP contribution >= 0.6 is 11.3 Å². The molecule has 0 saturated carbocycles. The maximum absolute atomic E-state index is 6.34. The van der Waals surface area contributed by atoms with E-state index in [-0.39, 0.29) is 0 Å². The molecule has 0 N–H and O–H groups in total. The van der Waals surface area contributed by atoms with E-state index in [1.54, 1.807) is 0 Å². The zero-order valence-electron chi connectivity index (χ0n) is 23.9. The van der Waals surface area contributed by atoms with Crippen LogP contribution in [0.2, 0.25) is 0 Å². The summed E-state index contributed by atoms with van der Waals surface area (Å²) in [4.78, 5) is 10.3. The first-order chi connectivity index (χ1) is 22.3. The third-order valence-corrected chi connectivity index (χ3v) is 9.94. The van der Waals surface area contributed by atoms with Crippen LogP contribution < -0.4 is 0 Å². The predicted molar refractivity (Wildman–Crippen MR) is 187 cm³/mol. The van der Waals surface area contributed by atoms with E-state index in [1.165, 1.54) is 42.0 Å². The highest BCUT2D eigenvalue weighted by atomic mass is 32.1. The van der Waals surface area contributed by atoms with E-state index in [0.717, 1.165) is 39.0 Å². The van der Waals surface area contributed by atoms with Crippen LogP contribution in [0.15, 0.2) is 144 Å². The second kappa shape index (κ2) is 9.36. The normalized spacial score (nSPS) is 12.0. The molecule has 10 aromatic rings. The molecule has 0 atom stereocenters. The summed E-state index contributed by atoms with van der Waals surface area (Å²) >= 11 is 1.86. The molecule has 0 radical (unpaired) electrons. The Morgan fingerprint density at radius 2 is 1.29 bits per heavy atom. The fourth-order valence-electron chi connectivity index (χ4n) is 6.85. The quantitative estimate of drug-likeness (QED) is 0.205. The van der Waals surface area contributed by atoms with Gasteiger partial charge in [0, 0.05) is 53.1 Å². The van der Waals surface area contributed by atoms with Crippen LogP contribution in [0.3, 0.4) is 0 Å². The minimum absolute atomic E-state index is 0.668. The summed E-state index contributed by atoms with van der Waals surface area (Å²) < 4.78 is 11.3. The van der Waals surface area contributed by atoms with Gasteiger partial charge < -0.3 is 8.98 Å². The number of hydrogen-bond acceptors (Lipinski definition) is 4. The molecular formula is C40H23N3OS. The molecule has 0 aliphatic rings. The molecule has 4 heterocycles. The van der Waals surface area contributed by atoms with Gasteiger partial charge in [-0.3, -0.25) is 0 Å². The number of fused-ring (bicyclic) bond motifs is 10. The molecule has 4 nitrogen and oxygen atoms in total. The van der Waals surface area contributed by atoms with E-state index in [1.807, 2.05) is 47.7 Å². The van der Waals surface area contributed by atoms with Gasteiger partial charge in [-0.05, 0) is 48.5 Å². The van der Waals surface area contributed by atoms with E-state index < -0.39 is 0 Å². The third kappa shape index (κ3) is 3.59. The Kier molecular flexibility index (Phi) is 5.12. The molecule has 10 rings (SSSR count).